The van der Waals surface area contributed by atoms with E-state index in [2.05, 4.69) is 9.46 Å². The Morgan fingerprint density at radius 3 is 2.58 bits per heavy atom. The fraction of sp³-hybridized carbons (Fsp3) is 0.250. The first-order valence-corrected chi connectivity index (χ1v) is 6.97. The van der Waals surface area contributed by atoms with E-state index in [1.807, 2.05) is 6.07 Å². The number of benzene rings is 1. The zero-order valence-electron chi connectivity index (χ0n) is 10.3. The third kappa shape index (κ3) is 5.64. The third-order valence-corrected chi connectivity index (χ3v) is 3.33. The Morgan fingerprint density at radius 2 is 2.05 bits per heavy atom. The maximum atomic E-state index is 11.6. The average Bonchev–Trinajstić information content (AvgIpc) is 2.38. The second kappa shape index (κ2) is 7.03. The maximum absolute atomic E-state index is 11.6. The predicted octanol–water partition coefficient (Wildman–Crippen LogP) is 0.676. The van der Waals surface area contributed by atoms with Gasteiger partial charge in [0.05, 0.1) is 0 Å². The van der Waals surface area contributed by atoms with Crippen LogP contribution in [0.2, 0.25) is 0 Å². The van der Waals surface area contributed by atoms with Gasteiger partial charge in [0.25, 0.3) is 0 Å². The molecule has 0 fully saturated rings. The molecule has 0 heterocycles. The van der Waals surface area contributed by atoms with Gasteiger partial charge in [-0.2, -0.15) is 0 Å². The van der Waals surface area contributed by atoms with Crippen LogP contribution in [0.1, 0.15) is 5.56 Å². The van der Waals surface area contributed by atoms with Crippen molar-refractivity contribution >= 4 is 22.1 Å². The predicted molar refractivity (Wildman–Crippen MR) is 70.8 cm³/mol. The molecule has 0 amide bonds. The molecule has 6 nitrogen and oxygen atoms in total. The first kappa shape index (κ1) is 15.4. The number of carboxylic acid groups (broad SMARTS) is 1. The van der Waals surface area contributed by atoms with Crippen LogP contribution >= 0.6 is 0 Å². The van der Waals surface area contributed by atoms with Gasteiger partial charge in [0.1, 0.15) is 0 Å². The summed E-state index contributed by atoms with van der Waals surface area (Å²) in [5, 5.41) is 9.68. The van der Waals surface area contributed by atoms with Crippen molar-refractivity contribution in [3.8, 4) is 0 Å². The third-order valence-electron chi connectivity index (χ3n) is 2.27. The summed E-state index contributed by atoms with van der Waals surface area (Å²) in [6, 6.07) is 8.89. The Morgan fingerprint density at radius 1 is 1.42 bits per heavy atom. The lowest BCUT2D eigenvalue weighted by atomic mass is 10.2. The van der Waals surface area contributed by atoms with E-state index in [4.69, 9.17) is 5.11 Å². The topological polar surface area (TPSA) is 92.7 Å². The zero-order valence-corrected chi connectivity index (χ0v) is 11.1. The Hall–Kier alpha value is -1.70. The molecule has 19 heavy (non-hydrogen) atoms. The van der Waals surface area contributed by atoms with Crippen molar-refractivity contribution in [2.45, 2.75) is 6.10 Å². The maximum Gasteiger partial charge on any atom is 0.334 e. The molecular formula is C12H15NO5S. The van der Waals surface area contributed by atoms with Gasteiger partial charge in [-0.25, -0.2) is 17.9 Å². The smallest absolute Gasteiger partial charge is 0.334 e. The molecule has 1 rings (SSSR count). The summed E-state index contributed by atoms with van der Waals surface area (Å²) in [5.74, 6) is -1.22. The summed E-state index contributed by atoms with van der Waals surface area (Å²) in [7, 11) is -2.49. The van der Waals surface area contributed by atoms with E-state index in [1.165, 1.54) is 13.2 Å². The molecular weight excluding hydrogens is 270 g/mol. The highest BCUT2D eigenvalue weighted by Crippen LogP contribution is 2.02. The number of aliphatic carboxylic acids is 1. The minimum Gasteiger partial charge on any atom is -0.479 e. The van der Waals surface area contributed by atoms with Gasteiger partial charge in [-0.1, -0.05) is 30.3 Å². The largest absolute Gasteiger partial charge is 0.479 e. The van der Waals surface area contributed by atoms with E-state index in [1.54, 1.807) is 24.3 Å². The van der Waals surface area contributed by atoms with E-state index in [0.29, 0.717) is 0 Å². The number of hydrogen-bond acceptors (Lipinski definition) is 4. The summed E-state index contributed by atoms with van der Waals surface area (Å²) in [6.45, 7) is -0.326. The minimum absolute atomic E-state index is 0.326. The lowest BCUT2D eigenvalue weighted by Gasteiger charge is -2.10. The van der Waals surface area contributed by atoms with Crippen LogP contribution in [0.3, 0.4) is 0 Å². The van der Waals surface area contributed by atoms with E-state index < -0.39 is 22.1 Å². The Labute approximate surface area is 111 Å². The summed E-state index contributed by atoms with van der Waals surface area (Å²) < 4.78 is 30.0. The summed E-state index contributed by atoms with van der Waals surface area (Å²) in [5.41, 5.74) is 0.731. The van der Waals surface area contributed by atoms with Crippen LogP contribution in [0.15, 0.2) is 35.7 Å². The van der Waals surface area contributed by atoms with E-state index in [9.17, 15) is 13.2 Å². The van der Waals surface area contributed by atoms with Gasteiger partial charge in [-0.3, -0.25) is 0 Å². The highest BCUT2D eigenvalue weighted by molar-refractivity contribution is 7.92. The van der Waals surface area contributed by atoms with Crippen molar-refractivity contribution < 1.29 is 23.1 Å². The number of ether oxygens (including phenoxy) is 1. The molecule has 1 aromatic carbocycles. The number of sulfonamides is 1. The molecule has 0 aliphatic carbocycles. The lowest BCUT2D eigenvalue weighted by molar-refractivity contribution is -0.147. The van der Waals surface area contributed by atoms with Crippen molar-refractivity contribution in [1.29, 1.82) is 0 Å². The molecule has 0 spiro atoms. The average molecular weight is 285 g/mol. The lowest BCUT2D eigenvalue weighted by Crippen LogP contribution is -2.37. The second-order valence-electron chi connectivity index (χ2n) is 3.67. The van der Waals surface area contributed by atoms with Gasteiger partial charge in [0, 0.05) is 19.1 Å². The van der Waals surface area contributed by atoms with Crippen molar-refractivity contribution in [3.05, 3.63) is 41.3 Å². The van der Waals surface area contributed by atoms with Crippen LogP contribution < -0.4 is 4.72 Å². The number of rotatable bonds is 7. The van der Waals surface area contributed by atoms with Gasteiger partial charge in [0.15, 0.2) is 6.10 Å². The second-order valence-corrected chi connectivity index (χ2v) is 5.32. The van der Waals surface area contributed by atoms with Crippen LogP contribution in [0.5, 0.6) is 0 Å². The molecule has 7 heteroatoms. The molecule has 0 saturated carbocycles. The monoisotopic (exact) mass is 285 g/mol. The first-order chi connectivity index (χ1) is 8.94. The molecule has 2 N–H and O–H groups in total. The molecule has 0 radical (unpaired) electrons. The minimum atomic E-state index is -3.69. The summed E-state index contributed by atoms with van der Waals surface area (Å²) in [6.07, 6.45) is 0.213. The molecule has 0 aliphatic heterocycles. The molecule has 104 valence electrons. The molecule has 0 aliphatic rings. The molecule has 1 aromatic rings. The van der Waals surface area contributed by atoms with Crippen molar-refractivity contribution in [2.75, 3.05) is 13.7 Å². The van der Waals surface area contributed by atoms with E-state index in [-0.39, 0.29) is 6.54 Å². The fourth-order valence-electron chi connectivity index (χ4n) is 1.24. The van der Waals surface area contributed by atoms with Crippen LogP contribution in [0.4, 0.5) is 0 Å². The number of methoxy groups -OCH3 is 1. The molecule has 0 aromatic heterocycles. The van der Waals surface area contributed by atoms with Gasteiger partial charge < -0.3 is 9.84 Å². The van der Waals surface area contributed by atoms with Gasteiger partial charge >= 0.3 is 5.97 Å². The Kier molecular flexibility index (Phi) is 5.68. The standard InChI is InChI=1S/C12H15NO5S/c1-18-11(12(14)15)9-13-19(16,17)8-7-10-5-3-2-4-6-10/h2-8,11,13H,9H2,1H3,(H,14,15)/b8-7+. The summed E-state index contributed by atoms with van der Waals surface area (Å²) in [4.78, 5) is 10.6. The molecule has 1 unspecified atom stereocenters. The zero-order chi connectivity index (χ0) is 14.3. The molecule has 0 bridgehead atoms. The first-order valence-electron chi connectivity index (χ1n) is 5.43. The van der Waals surface area contributed by atoms with Crippen molar-refractivity contribution in [2.24, 2.45) is 0 Å². The normalized spacial score (nSPS) is 13.5. The van der Waals surface area contributed by atoms with Crippen LogP contribution in [0, 0.1) is 0 Å². The fourth-order valence-corrected chi connectivity index (χ4v) is 2.06. The van der Waals surface area contributed by atoms with Crippen LogP contribution in [-0.2, 0) is 19.6 Å². The molecule has 1 atom stereocenters. The number of carbonyl (C=O) groups is 1. The number of nitrogens with one attached hydrogen (secondary N) is 1. The number of carboxylic acids is 1. The van der Waals surface area contributed by atoms with Gasteiger partial charge in [-0.15, -0.1) is 0 Å². The van der Waals surface area contributed by atoms with Gasteiger partial charge in [0.2, 0.25) is 10.0 Å². The quantitative estimate of drug-likeness (QED) is 0.768. The highest BCUT2D eigenvalue weighted by Gasteiger charge is 2.18. The van der Waals surface area contributed by atoms with E-state index in [0.717, 1.165) is 11.0 Å². The Balaban J connectivity index is 2.62. The van der Waals surface area contributed by atoms with Crippen molar-refractivity contribution in [1.82, 2.24) is 4.72 Å². The SMILES string of the molecule is COC(CNS(=O)(=O)/C=C/c1ccccc1)C(=O)O. The number of hydrogen-bond donors (Lipinski definition) is 2. The van der Waals surface area contributed by atoms with Gasteiger partial charge in [-0.05, 0) is 11.6 Å². The van der Waals surface area contributed by atoms with Crippen LogP contribution in [0.25, 0.3) is 6.08 Å². The van der Waals surface area contributed by atoms with Crippen molar-refractivity contribution in [3.63, 3.8) is 0 Å². The Bertz CT molecular complexity index is 538. The highest BCUT2D eigenvalue weighted by atomic mass is 32.2. The summed E-state index contributed by atoms with van der Waals surface area (Å²) >= 11 is 0. The molecule has 0 saturated heterocycles. The van der Waals surface area contributed by atoms with E-state index >= 15 is 0 Å². The van der Waals surface area contributed by atoms with Crippen LogP contribution in [-0.4, -0.2) is 39.3 Å².